The number of aromatic nitrogens is 4. The highest BCUT2D eigenvalue weighted by Crippen LogP contribution is 2.30. The van der Waals surface area contributed by atoms with E-state index in [2.05, 4.69) is 37.7 Å². The summed E-state index contributed by atoms with van der Waals surface area (Å²) in [6.45, 7) is 4.26. The number of nitrogens with two attached hydrogens (primary N) is 1. The van der Waals surface area contributed by atoms with Crippen molar-refractivity contribution in [2.75, 3.05) is 25.9 Å². The van der Waals surface area contributed by atoms with Gasteiger partial charge in [0, 0.05) is 20.1 Å². The molecule has 2 aromatic heterocycles. The van der Waals surface area contributed by atoms with Crippen molar-refractivity contribution in [3.8, 4) is 0 Å². The molecule has 0 radical (unpaired) electrons. The van der Waals surface area contributed by atoms with E-state index < -0.39 is 11.6 Å². The van der Waals surface area contributed by atoms with Gasteiger partial charge >= 0.3 is 6.09 Å². The number of hydrogen-bond donors (Lipinski definition) is 2. The Morgan fingerprint density at radius 3 is 2.78 bits per heavy atom. The Labute approximate surface area is 169 Å². The second-order valence-electron chi connectivity index (χ2n) is 7.14. The number of hydrogen-bond acceptors (Lipinski definition) is 6. The third-order valence-electron chi connectivity index (χ3n) is 5.15. The molecule has 11 heteroatoms. The van der Waals surface area contributed by atoms with Gasteiger partial charge in [-0.3, -0.25) is 9.69 Å². The number of amides is 2. The molecule has 2 amide bonds. The van der Waals surface area contributed by atoms with Gasteiger partial charge in [-0.05, 0) is 49.3 Å². The summed E-state index contributed by atoms with van der Waals surface area (Å²) >= 11 is 2.10. The molecule has 0 spiro atoms. The number of nitrogen functional groups attached to an aromatic ring is 1. The van der Waals surface area contributed by atoms with E-state index in [1.165, 1.54) is 13.4 Å². The molecule has 1 atom stereocenters. The lowest BCUT2D eigenvalue weighted by molar-refractivity contribution is -0.142. The largest absolute Gasteiger partial charge is 0.465 e. The molecule has 1 aliphatic heterocycles. The highest BCUT2D eigenvalue weighted by atomic mass is 127. The van der Waals surface area contributed by atoms with Crippen molar-refractivity contribution in [3.05, 3.63) is 10.0 Å². The van der Waals surface area contributed by atoms with Crippen LogP contribution in [0.4, 0.5) is 10.6 Å². The SMILES string of the molecule is CN(C(=O)O)C(C)(C)C(=O)N1CCCC(n2nc(I)c3c(N)ncnc32)C1. The first kappa shape index (κ1) is 19.6. The number of nitrogens with zero attached hydrogens (tertiary/aromatic N) is 6. The van der Waals surface area contributed by atoms with Gasteiger partial charge in [0.05, 0.1) is 11.4 Å². The lowest BCUT2D eigenvalue weighted by Gasteiger charge is -2.40. The third kappa shape index (κ3) is 3.39. The number of fused-ring (bicyclic) bond motifs is 1. The Kier molecular flexibility index (Phi) is 5.14. The summed E-state index contributed by atoms with van der Waals surface area (Å²) in [5.41, 5.74) is 5.45. The number of rotatable bonds is 3. The minimum Gasteiger partial charge on any atom is -0.465 e. The molecule has 0 bridgehead atoms. The molecule has 3 N–H and O–H groups in total. The van der Waals surface area contributed by atoms with E-state index in [9.17, 15) is 14.7 Å². The summed E-state index contributed by atoms with van der Waals surface area (Å²) < 4.78 is 2.53. The highest BCUT2D eigenvalue weighted by Gasteiger charge is 2.40. The number of carbonyl (C=O) groups excluding carboxylic acids is 1. The topological polar surface area (TPSA) is 130 Å². The van der Waals surface area contributed by atoms with Crippen molar-refractivity contribution in [1.29, 1.82) is 0 Å². The zero-order valence-electron chi connectivity index (χ0n) is 15.4. The monoisotopic (exact) mass is 487 g/mol. The van der Waals surface area contributed by atoms with E-state index in [1.54, 1.807) is 18.7 Å². The van der Waals surface area contributed by atoms with Crippen LogP contribution >= 0.6 is 22.6 Å². The van der Waals surface area contributed by atoms with Crippen LogP contribution in [-0.2, 0) is 4.79 Å². The minimum absolute atomic E-state index is 0.0612. The summed E-state index contributed by atoms with van der Waals surface area (Å²) in [7, 11) is 1.41. The smallest absolute Gasteiger partial charge is 0.407 e. The molecule has 27 heavy (non-hydrogen) atoms. The first-order valence-electron chi connectivity index (χ1n) is 8.55. The molecule has 0 aliphatic carbocycles. The van der Waals surface area contributed by atoms with Gasteiger partial charge in [-0.25, -0.2) is 19.4 Å². The van der Waals surface area contributed by atoms with E-state index in [1.807, 2.05) is 4.68 Å². The molecule has 146 valence electrons. The molecule has 10 nitrogen and oxygen atoms in total. The van der Waals surface area contributed by atoms with E-state index in [-0.39, 0.29) is 11.9 Å². The third-order valence-corrected chi connectivity index (χ3v) is 5.91. The molecule has 2 aromatic rings. The number of likely N-dealkylation sites (N-methyl/N-ethyl adjacent to an activating group) is 1. The minimum atomic E-state index is -1.15. The summed E-state index contributed by atoms with van der Waals surface area (Å²) in [5, 5.41) is 14.5. The van der Waals surface area contributed by atoms with Crippen LogP contribution in [0.25, 0.3) is 11.0 Å². The van der Waals surface area contributed by atoms with Crippen LogP contribution in [0.15, 0.2) is 6.33 Å². The Bertz CT molecular complexity index is 898. The zero-order chi connectivity index (χ0) is 19.9. The lowest BCUT2D eigenvalue weighted by Crippen LogP contribution is -2.58. The van der Waals surface area contributed by atoms with Gasteiger partial charge < -0.3 is 15.7 Å². The molecule has 3 heterocycles. The number of anilines is 1. The van der Waals surface area contributed by atoms with Crippen molar-refractivity contribution in [2.24, 2.45) is 0 Å². The molecule has 3 rings (SSSR count). The van der Waals surface area contributed by atoms with Crippen molar-refractivity contribution in [2.45, 2.75) is 38.3 Å². The van der Waals surface area contributed by atoms with Gasteiger partial charge in [-0.15, -0.1) is 0 Å². The van der Waals surface area contributed by atoms with Crippen LogP contribution in [0.5, 0.6) is 0 Å². The van der Waals surface area contributed by atoms with Crippen LogP contribution in [0.1, 0.15) is 32.7 Å². The van der Waals surface area contributed by atoms with E-state index in [0.29, 0.717) is 29.9 Å². The molecular weight excluding hydrogens is 465 g/mol. The van der Waals surface area contributed by atoms with Crippen LogP contribution < -0.4 is 5.73 Å². The Hall–Kier alpha value is -2.18. The maximum absolute atomic E-state index is 13.0. The summed E-state index contributed by atoms with van der Waals surface area (Å²) in [6, 6.07) is -0.0612. The van der Waals surface area contributed by atoms with Gasteiger partial charge in [0.2, 0.25) is 5.91 Å². The number of carbonyl (C=O) groups is 2. The molecule has 0 saturated carbocycles. The van der Waals surface area contributed by atoms with Gasteiger partial charge in [0.1, 0.15) is 21.4 Å². The summed E-state index contributed by atoms with van der Waals surface area (Å²) in [6.07, 6.45) is 1.90. The van der Waals surface area contributed by atoms with Gasteiger partial charge in [-0.1, -0.05) is 0 Å². The van der Waals surface area contributed by atoms with Crippen LogP contribution in [0.3, 0.4) is 0 Å². The van der Waals surface area contributed by atoms with Crippen molar-refractivity contribution in [1.82, 2.24) is 29.5 Å². The van der Waals surface area contributed by atoms with Crippen molar-refractivity contribution >= 4 is 51.4 Å². The van der Waals surface area contributed by atoms with Crippen LogP contribution in [-0.4, -0.2) is 72.3 Å². The van der Waals surface area contributed by atoms with E-state index >= 15 is 0 Å². The van der Waals surface area contributed by atoms with E-state index in [4.69, 9.17) is 5.73 Å². The van der Waals surface area contributed by atoms with Gasteiger partial charge in [-0.2, -0.15) is 5.10 Å². The average molecular weight is 487 g/mol. The first-order chi connectivity index (χ1) is 12.6. The molecule has 0 aromatic carbocycles. The summed E-state index contributed by atoms with van der Waals surface area (Å²) in [4.78, 5) is 35.4. The first-order valence-corrected chi connectivity index (χ1v) is 9.62. The molecular formula is C16H22IN7O3. The normalized spacial score (nSPS) is 17.9. The van der Waals surface area contributed by atoms with Crippen molar-refractivity contribution in [3.63, 3.8) is 0 Å². The fraction of sp³-hybridized carbons (Fsp3) is 0.562. The Balaban J connectivity index is 1.88. The standard InChI is InChI=1S/C16H22IN7O3/c1-16(2,22(3)15(26)27)14(25)23-6-4-5-9(7-23)24-13-10(11(17)21-24)12(18)19-8-20-13/h8-9H,4-7H2,1-3H3,(H,26,27)(H2,18,19,20). The fourth-order valence-electron chi connectivity index (χ4n) is 3.32. The van der Waals surface area contributed by atoms with Gasteiger partial charge in [0.15, 0.2) is 5.65 Å². The van der Waals surface area contributed by atoms with E-state index in [0.717, 1.165) is 21.4 Å². The predicted octanol–water partition coefficient (Wildman–Crippen LogP) is 1.56. The fourth-order valence-corrected chi connectivity index (χ4v) is 4.07. The Morgan fingerprint density at radius 1 is 1.41 bits per heavy atom. The highest BCUT2D eigenvalue weighted by molar-refractivity contribution is 14.1. The second-order valence-corrected chi connectivity index (χ2v) is 8.16. The molecule has 1 fully saturated rings. The summed E-state index contributed by atoms with van der Waals surface area (Å²) in [5.74, 6) is 0.154. The lowest BCUT2D eigenvalue weighted by atomic mass is 9.98. The molecule has 1 aliphatic rings. The van der Waals surface area contributed by atoms with Crippen LogP contribution in [0.2, 0.25) is 0 Å². The second kappa shape index (κ2) is 7.09. The van der Waals surface area contributed by atoms with Crippen molar-refractivity contribution < 1.29 is 14.7 Å². The Morgan fingerprint density at radius 2 is 2.11 bits per heavy atom. The maximum atomic E-state index is 13.0. The molecule has 1 saturated heterocycles. The number of carboxylic acid groups (broad SMARTS) is 1. The predicted molar refractivity (Wildman–Crippen MR) is 107 cm³/mol. The number of halogens is 1. The number of likely N-dealkylation sites (tertiary alicyclic amines) is 1. The molecule has 1 unspecified atom stereocenters. The average Bonchev–Trinajstić information content (AvgIpc) is 2.98. The van der Waals surface area contributed by atoms with Gasteiger partial charge in [0.25, 0.3) is 0 Å². The van der Waals surface area contributed by atoms with Crippen LogP contribution in [0, 0.1) is 3.70 Å². The maximum Gasteiger partial charge on any atom is 0.407 e. The zero-order valence-corrected chi connectivity index (χ0v) is 17.5. The number of piperidine rings is 1. The quantitative estimate of drug-likeness (QED) is 0.629.